The summed E-state index contributed by atoms with van der Waals surface area (Å²) in [5.41, 5.74) is 0.603. The van der Waals surface area contributed by atoms with Crippen molar-refractivity contribution in [3.63, 3.8) is 0 Å². The average molecular weight is 367 g/mol. The maximum atomic E-state index is 13.5. The summed E-state index contributed by atoms with van der Waals surface area (Å²) in [6.45, 7) is -0.0840. The largest absolute Gasteiger partial charge is 0.336 e. The van der Waals surface area contributed by atoms with Crippen molar-refractivity contribution >= 4 is 40.9 Å². The summed E-state index contributed by atoms with van der Waals surface area (Å²) in [5.74, 6) is -0.872. The molecule has 0 aliphatic carbocycles. The van der Waals surface area contributed by atoms with Gasteiger partial charge in [-0.3, -0.25) is 9.59 Å². The van der Waals surface area contributed by atoms with E-state index in [1.807, 2.05) is 0 Å². The van der Waals surface area contributed by atoms with Crippen LogP contribution in [0.2, 0.25) is 5.02 Å². The van der Waals surface area contributed by atoms with E-state index >= 15 is 0 Å². The van der Waals surface area contributed by atoms with Gasteiger partial charge in [-0.15, -0.1) is 11.8 Å². The minimum absolute atomic E-state index is 0.0612. The zero-order valence-electron chi connectivity index (χ0n) is 13.0. The fourth-order valence-electron chi connectivity index (χ4n) is 1.85. The molecule has 0 aliphatic heterocycles. The summed E-state index contributed by atoms with van der Waals surface area (Å²) >= 11 is 6.88. The van der Waals surface area contributed by atoms with Crippen LogP contribution < -0.4 is 5.32 Å². The van der Waals surface area contributed by atoms with Crippen molar-refractivity contribution in [1.29, 1.82) is 0 Å². The molecule has 0 radical (unpaired) electrons. The third-order valence-electron chi connectivity index (χ3n) is 3.12. The number of carbonyl (C=O) groups excluding carboxylic acids is 2. The molecule has 0 saturated heterocycles. The second kappa shape index (κ2) is 8.70. The normalized spacial score (nSPS) is 10.3. The van der Waals surface area contributed by atoms with Gasteiger partial charge in [-0.1, -0.05) is 23.7 Å². The molecule has 0 spiro atoms. The third kappa shape index (κ3) is 5.54. The van der Waals surface area contributed by atoms with Gasteiger partial charge < -0.3 is 10.2 Å². The lowest BCUT2D eigenvalue weighted by Gasteiger charge is -2.16. The summed E-state index contributed by atoms with van der Waals surface area (Å²) in [6, 6.07) is 12.9. The lowest BCUT2D eigenvalue weighted by atomic mass is 10.3. The van der Waals surface area contributed by atoms with E-state index in [2.05, 4.69) is 5.32 Å². The van der Waals surface area contributed by atoms with E-state index in [-0.39, 0.29) is 29.9 Å². The molecule has 0 heterocycles. The number of rotatable bonds is 6. The molecule has 24 heavy (non-hydrogen) atoms. The molecule has 0 unspecified atom stereocenters. The predicted molar refractivity (Wildman–Crippen MR) is 94.8 cm³/mol. The molecule has 2 aromatic carbocycles. The number of amides is 2. The van der Waals surface area contributed by atoms with E-state index in [9.17, 15) is 14.0 Å². The number of anilines is 1. The molecule has 1 N–H and O–H groups in total. The van der Waals surface area contributed by atoms with Crippen molar-refractivity contribution in [2.24, 2.45) is 0 Å². The summed E-state index contributed by atoms with van der Waals surface area (Å²) in [7, 11) is 1.53. The number of benzene rings is 2. The zero-order chi connectivity index (χ0) is 17.5. The zero-order valence-corrected chi connectivity index (χ0v) is 14.5. The van der Waals surface area contributed by atoms with Crippen LogP contribution in [0.15, 0.2) is 53.4 Å². The summed E-state index contributed by atoms with van der Waals surface area (Å²) in [6.07, 6.45) is 0. The average Bonchev–Trinajstić information content (AvgIpc) is 2.56. The Kier molecular flexibility index (Phi) is 6.63. The van der Waals surface area contributed by atoms with Crippen molar-refractivity contribution in [1.82, 2.24) is 4.90 Å². The molecule has 7 heteroatoms. The molecule has 126 valence electrons. The highest BCUT2D eigenvalue weighted by atomic mass is 35.5. The minimum Gasteiger partial charge on any atom is -0.336 e. The number of thioether (sulfide) groups is 1. The molecule has 0 bridgehead atoms. The SMILES string of the molecule is CN(CC(=O)Nc1ccc(Cl)cc1)C(=O)CSc1ccccc1F. The maximum absolute atomic E-state index is 13.5. The first-order valence-electron chi connectivity index (χ1n) is 7.12. The van der Waals surface area contributed by atoms with Gasteiger partial charge in [0.15, 0.2) is 0 Å². The van der Waals surface area contributed by atoms with Gasteiger partial charge in [-0.05, 0) is 36.4 Å². The van der Waals surface area contributed by atoms with Crippen molar-refractivity contribution in [2.75, 3.05) is 24.7 Å². The number of halogens is 2. The standard InChI is InChI=1S/C17H16ClFN2O2S/c1-21(10-16(22)20-13-8-6-12(18)7-9-13)17(23)11-24-15-5-3-2-4-14(15)19/h2-9H,10-11H2,1H3,(H,20,22). The van der Waals surface area contributed by atoms with Gasteiger partial charge in [0, 0.05) is 22.7 Å². The first-order valence-corrected chi connectivity index (χ1v) is 8.49. The highest BCUT2D eigenvalue weighted by Gasteiger charge is 2.14. The molecular formula is C17H16ClFN2O2S. The molecule has 4 nitrogen and oxygen atoms in total. The number of carbonyl (C=O) groups is 2. The third-order valence-corrected chi connectivity index (χ3v) is 4.41. The van der Waals surface area contributed by atoms with Crippen LogP contribution in [-0.2, 0) is 9.59 Å². The maximum Gasteiger partial charge on any atom is 0.243 e. The summed E-state index contributed by atoms with van der Waals surface area (Å²) in [4.78, 5) is 25.7. The topological polar surface area (TPSA) is 49.4 Å². The van der Waals surface area contributed by atoms with Crippen LogP contribution >= 0.6 is 23.4 Å². The Labute approximate surface area is 149 Å². The quantitative estimate of drug-likeness (QED) is 0.793. The fraction of sp³-hybridized carbons (Fsp3) is 0.176. The minimum atomic E-state index is -0.363. The van der Waals surface area contributed by atoms with Gasteiger partial charge in [0.2, 0.25) is 11.8 Å². The van der Waals surface area contributed by atoms with E-state index in [1.54, 1.807) is 42.5 Å². The fourth-order valence-corrected chi connectivity index (χ4v) is 2.85. The van der Waals surface area contributed by atoms with Gasteiger partial charge >= 0.3 is 0 Å². The van der Waals surface area contributed by atoms with E-state index < -0.39 is 0 Å². The molecule has 2 aromatic rings. The highest BCUT2D eigenvalue weighted by Crippen LogP contribution is 2.21. The van der Waals surface area contributed by atoms with Crippen molar-refractivity contribution in [2.45, 2.75) is 4.90 Å². The Morgan fingerprint density at radius 3 is 2.50 bits per heavy atom. The molecule has 2 rings (SSSR count). The summed E-state index contributed by atoms with van der Waals surface area (Å²) in [5, 5.41) is 3.25. The van der Waals surface area contributed by atoms with Crippen LogP contribution in [0.1, 0.15) is 0 Å². The first kappa shape index (κ1) is 18.3. The molecule has 0 saturated carbocycles. The van der Waals surface area contributed by atoms with Crippen LogP contribution in [-0.4, -0.2) is 36.1 Å². The smallest absolute Gasteiger partial charge is 0.243 e. The Morgan fingerprint density at radius 2 is 1.83 bits per heavy atom. The van der Waals surface area contributed by atoms with Gasteiger partial charge in [0.1, 0.15) is 5.82 Å². The van der Waals surface area contributed by atoms with Crippen LogP contribution in [0.5, 0.6) is 0 Å². The van der Waals surface area contributed by atoms with Crippen LogP contribution in [0.3, 0.4) is 0 Å². The lowest BCUT2D eigenvalue weighted by Crippen LogP contribution is -2.35. The summed E-state index contributed by atoms with van der Waals surface area (Å²) < 4.78 is 13.5. The van der Waals surface area contributed by atoms with Crippen molar-refractivity contribution < 1.29 is 14.0 Å². The molecule has 2 amide bonds. The first-order chi connectivity index (χ1) is 11.5. The van der Waals surface area contributed by atoms with Crippen molar-refractivity contribution in [3.8, 4) is 0 Å². The molecule has 0 atom stereocenters. The lowest BCUT2D eigenvalue weighted by molar-refractivity contribution is -0.131. The Morgan fingerprint density at radius 1 is 1.17 bits per heavy atom. The second-order valence-corrected chi connectivity index (χ2v) is 6.48. The molecule has 0 fully saturated rings. The molecule has 0 aromatic heterocycles. The molecule has 0 aliphatic rings. The Bertz CT molecular complexity index is 725. The van der Waals surface area contributed by atoms with E-state index in [4.69, 9.17) is 11.6 Å². The predicted octanol–water partition coefficient (Wildman–Crippen LogP) is 3.67. The van der Waals surface area contributed by atoms with Crippen LogP contribution in [0.25, 0.3) is 0 Å². The van der Waals surface area contributed by atoms with E-state index in [0.717, 1.165) is 11.8 Å². The molecular weight excluding hydrogens is 351 g/mol. The van der Waals surface area contributed by atoms with Crippen LogP contribution in [0, 0.1) is 5.82 Å². The number of nitrogens with zero attached hydrogens (tertiary/aromatic N) is 1. The van der Waals surface area contributed by atoms with Gasteiger partial charge in [0.25, 0.3) is 0 Å². The number of nitrogens with one attached hydrogen (secondary N) is 1. The Balaban J connectivity index is 1.81. The number of hydrogen-bond donors (Lipinski definition) is 1. The number of hydrogen-bond acceptors (Lipinski definition) is 3. The Hall–Kier alpha value is -2.05. The van der Waals surface area contributed by atoms with Gasteiger partial charge in [-0.2, -0.15) is 0 Å². The van der Waals surface area contributed by atoms with Crippen LogP contribution in [0.4, 0.5) is 10.1 Å². The van der Waals surface area contributed by atoms with Gasteiger partial charge in [-0.25, -0.2) is 4.39 Å². The van der Waals surface area contributed by atoms with E-state index in [1.165, 1.54) is 18.0 Å². The second-order valence-electron chi connectivity index (χ2n) is 5.02. The van der Waals surface area contributed by atoms with Crippen molar-refractivity contribution in [3.05, 3.63) is 59.4 Å². The highest BCUT2D eigenvalue weighted by molar-refractivity contribution is 8.00. The number of likely N-dealkylation sites (N-methyl/N-ethyl adjacent to an activating group) is 1. The van der Waals surface area contributed by atoms with Gasteiger partial charge in [0.05, 0.1) is 12.3 Å². The monoisotopic (exact) mass is 366 g/mol. The van der Waals surface area contributed by atoms with E-state index in [0.29, 0.717) is 15.6 Å².